The van der Waals surface area contributed by atoms with Crippen LogP contribution in [0.4, 0.5) is 4.79 Å². The second-order valence-corrected chi connectivity index (χ2v) is 25.8. The molecule has 0 fully saturated rings. The Morgan fingerprint density at radius 1 is 0.582 bits per heavy atom. The molecule has 3 atom stereocenters. The van der Waals surface area contributed by atoms with Crippen LogP contribution in [-0.4, -0.2) is 45.5 Å². The Morgan fingerprint density at radius 2 is 0.925 bits per heavy atom. The maximum absolute atomic E-state index is 10.8. The monoisotopic (exact) mass is 966 g/mol. The molecule has 0 spiro atoms. The second kappa shape index (κ2) is 22.5. The van der Waals surface area contributed by atoms with Gasteiger partial charge in [0.1, 0.15) is 14.5 Å². The number of carbonyl (C=O) groups is 1. The summed E-state index contributed by atoms with van der Waals surface area (Å²) in [7, 11) is 0. The largest absolute Gasteiger partial charge is 0.352 e. The minimum absolute atomic E-state index is 0.345. The maximum Gasteiger partial charge on any atom is 0.312 e. The summed E-state index contributed by atoms with van der Waals surface area (Å²) in [6.07, 6.45) is 11.8. The molecule has 3 aliphatic rings. The van der Waals surface area contributed by atoms with Gasteiger partial charge in [0.15, 0.2) is 0 Å². The van der Waals surface area contributed by atoms with Crippen LogP contribution in [0.2, 0.25) is 0 Å². The molecule has 0 aromatic carbocycles. The van der Waals surface area contributed by atoms with Gasteiger partial charge in [0.25, 0.3) is 0 Å². The highest BCUT2D eigenvalue weighted by atomic mass is 32.1. The molecule has 6 aromatic heterocycles. The number of carbonyl (C=O) groups excluding carboxylic acids is 1. The number of aryl methyl sites for hydroxylation is 4. The van der Waals surface area contributed by atoms with Crippen molar-refractivity contribution in [2.45, 2.75) is 167 Å². The smallest absolute Gasteiger partial charge is 0.312 e. The number of pyridine rings is 3. The van der Waals surface area contributed by atoms with E-state index in [2.05, 4.69) is 137 Å². The molecule has 366 valence electrons. The molecule has 6 aromatic rings. The summed E-state index contributed by atoms with van der Waals surface area (Å²) in [6, 6.07) is 13.2. The van der Waals surface area contributed by atoms with Gasteiger partial charge in [-0.1, -0.05) is 90.0 Å². The number of primary amides is 1. The lowest BCUT2D eigenvalue weighted by Gasteiger charge is -2.34. The molecule has 0 saturated heterocycles. The standard InChI is InChI=1S/C17H23N3OS.C17H23NS.C16H22N2S.C6H15N/c1-17(2,3)12-4-5-14-10(7-12)6-11-8-13(9-19-16(18)21)22-15(11)20-14;1-5-14-10-12-8-11-9-13(17(2,3)4)6-7-15(11)18-16(12)19-14;1-16(2,3)12-4-5-14-10(7-12)6-11-8-13(9-17)19-15(11)18-14;1-4-7(5-2)6-3/h6,8,12H,4-5,7,9H2,1-3H3,(H3,18,19,21);8,10,13H,5-7,9H2,1-4H3;6,8,12H,4-5,7,9,17H2,1-3H3;4-6H2,1-3H3. The Balaban J connectivity index is 0.000000155. The van der Waals surface area contributed by atoms with Crippen LogP contribution in [0, 0.1) is 34.0 Å². The van der Waals surface area contributed by atoms with Gasteiger partial charge in [0, 0.05) is 54.4 Å². The molecule has 11 heteroatoms. The van der Waals surface area contributed by atoms with Crippen molar-refractivity contribution < 1.29 is 4.79 Å². The topological polar surface area (TPSA) is 123 Å². The summed E-state index contributed by atoms with van der Waals surface area (Å²) in [4.78, 5) is 35.1. The van der Waals surface area contributed by atoms with Crippen molar-refractivity contribution in [2.24, 2.45) is 45.5 Å². The molecule has 3 unspecified atom stereocenters. The SMILES string of the molecule is CC(C)(C)C1CCc2nc3sc(CN)cc3cc2C1.CC(C)(C)C1CCc2nc3sc(CNC(N)=O)cc3cc2C1.CCN(CC)CC.CCc1cc2cc3c(nc2s1)CCC(C(C)(C)C)C3. The second-order valence-electron chi connectivity index (χ2n) is 22.4. The lowest BCUT2D eigenvalue weighted by Crippen LogP contribution is -2.28. The van der Waals surface area contributed by atoms with E-state index in [0.29, 0.717) is 35.3 Å². The Morgan fingerprint density at radius 3 is 1.24 bits per heavy atom. The van der Waals surface area contributed by atoms with Gasteiger partial charge < -0.3 is 21.7 Å². The number of aromatic nitrogens is 3. The van der Waals surface area contributed by atoms with Crippen molar-refractivity contribution in [1.82, 2.24) is 25.2 Å². The van der Waals surface area contributed by atoms with E-state index in [0.717, 1.165) is 58.5 Å². The van der Waals surface area contributed by atoms with E-state index in [1.165, 1.54) is 116 Å². The summed E-state index contributed by atoms with van der Waals surface area (Å²) in [5.74, 6) is 2.28. The zero-order valence-corrected chi connectivity index (χ0v) is 45.8. The minimum atomic E-state index is -0.488. The van der Waals surface area contributed by atoms with Gasteiger partial charge in [-0.05, 0) is 171 Å². The van der Waals surface area contributed by atoms with Gasteiger partial charge in [-0.25, -0.2) is 19.7 Å². The minimum Gasteiger partial charge on any atom is -0.352 e. The fourth-order valence-corrected chi connectivity index (χ4v) is 12.8. The zero-order valence-electron chi connectivity index (χ0n) is 43.4. The van der Waals surface area contributed by atoms with Crippen molar-refractivity contribution in [2.75, 3.05) is 19.6 Å². The first-order chi connectivity index (χ1) is 31.6. The number of hydrogen-bond acceptors (Lipinski definition) is 9. The van der Waals surface area contributed by atoms with Crippen LogP contribution in [0.15, 0.2) is 36.4 Å². The molecular formula is C56H83N7OS3. The summed E-state index contributed by atoms with van der Waals surface area (Å²) in [5, 5.41) is 6.45. The van der Waals surface area contributed by atoms with Crippen LogP contribution in [0.3, 0.4) is 0 Å². The highest BCUT2D eigenvalue weighted by Crippen LogP contribution is 2.41. The molecule has 9 rings (SSSR count). The summed E-state index contributed by atoms with van der Waals surface area (Å²) in [6.45, 7) is 34.6. The van der Waals surface area contributed by atoms with Crippen LogP contribution in [0.1, 0.15) is 158 Å². The number of hydrogen-bond donors (Lipinski definition) is 3. The van der Waals surface area contributed by atoms with Crippen molar-refractivity contribution >= 4 is 70.7 Å². The molecule has 3 aliphatic carbocycles. The molecule has 2 amide bonds. The van der Waals surface area contributed by atoms with Gasteiger partial charge in [-0.3, -0.25) is 0 Å². The predicted octanol–water partition coefficient (Wildman–Crippen LogP) is 13.9. The third kappa shape index (κ3) is 13.9. The van der Waals surface area contributed by atoms with E-state index in [1.807, 2.05) is 11.3 Å². The fourth-order valence-electron chi connectivity index (χ4n) is 9.95. The van der Waals surface area contributed by atoms with E-state index in [-0.39, 0.29) is 0 Å². The van der Waals surface area contributed by atoms with E-state index in [4.69, 9.17) is 26.4 Å². The van der Waals surface area contributed by atoms with Gasteiger partial charge in [-0.2, -0.15) is 0 Å². The number of rotatable bonds is 7. The maximum atomic E-state index is 10.8. The Labute approximate surface area is 415 Å². The van der Waals surface area contributed by atoms with Gasteiger partial charge in [-0.15, -0.1) is 34.0 Å². The number of nitrogens with two attached hydrogens (primary N) is 2. The lowest BCUT2D eigenvalue weighted by molar-refractivity contribution is 0.215. The Kier molecular flexibility index (Phi) is 17.8. The van der Waals surface area contributed by atoms with Gasteiger partial charge in [0.05, 0.1) is 6.54 Å². The van der Waals surface area contributed by atoms with Gasteiger partial charge in [0.2, 0.25) is 0 Å². The fraction of sp³-hybridized carbons (Fsp3) is 0.607. The molecule has 5 N–H and O–H groups in total. The molecule has 0 saturated carbocycles. The number of nitrogens with one attached hydrogen (secondary N) is 1. The summed E-state index contributed by atoms with van der Waals surface area (Å²) < 4.78 is 0. The molecule has 8 nitrogen and oxygen atoms in total. The predicted molar refractivity (Wildman–Crippen MR) is 291 cm³/mol. The number of fused-ring (bicyclic) bond motifs is 6. The molecule has 67 heavy (non-hydrogen) atoms. The molecular weight excluding hydrogens is 883 g/mol. The third-order valence-corrected chi connectivity index (χ3v) is 18.1. The van der Waals surface area contributed by atoms with Crippen molar-refractivity contribution in [3.63, 3.8) is 0 Å². The number of amides is 2. The van der Waals surface area contributed by atoms with Crippen molar-refractivity contribution in [1.29, 1.82) is 0 Å². The number of nitrogens with zero attached hydrogens (tertiary/aromatic N) is 4. The average Bonchev–Trinajstić information content (AvgIpc) is 4.01. The molecule has 6 heterocycles. The highest BCUT2D eigenvalue weighted by molar-refractivity contribution is 7.19. The highest BCUT2D eigenvalue weighted by Gasteiger charge is 2.32. The average molecular weight is 967 g/mol. The van der Waals surface area contributed by atoms with Crippen LogP contribution >= 0.6 is 34.0 Å². The first-order valence-electron chi connectivity index (χ1n) is 25.3. The molecule has 0 radical (unpaired) electrons. The first kappa shape index (κ1) is 52.9. The zero-order chi connectivity index (χ0) is 48.8. The van der Waals surface area contributed by atoms with E-state index in [1.54, 1.807) is 22.7 Å². The summed E-state index contributed by atoms with van der Waals surface area (Å²) in [5.41, 5.74) is 20.3. The van der Waals surface area contributed by atoms with E-state index >= 15 is 0 Å². The first-order valence-corrected chi connectivity index (χ1v) is 27.8. The Hall–Kier alpha value is -3.48. The van der Waals surface area contributed by atoms with Crippen molar-refractivity contribution in [3.8, 4) is 0 Å². The van der Waals surface area contributed by atoms with Gasteiger partial charge >= 0.3 is 6.03 Å². The number of thiophene rings is 3. The third-order valence-electron chi connectivity index (χ3n) is 14.8. The van der Waals surface area contributed by atoms with Crippen LogP contribution < -0.4 is 16.8 Å². The quantitative estimate of drug-likeness (QED) is 0.146. The van der Waals surface area contributed by atoms with Crippen LogP contribution in [0.25, 0.3) is 30.6 Å². The van der Waals surface area contributed by atoms with Crippen molar-refractivity contribution in [3.05, 3.63) is 84.8 Å². The molecule has 0 aliphatic heterocycles. The normalized spacial score (nSPS) is 18.2. The van der Waals surface area contributed by atoms with E-state index < -0.39 is 6.03 Å². The van der Waals surface area contributed by atoms with Crippen LogP contribution in [0.5, 0.6) is 0 Å². The lowest BCUT2D eigenvalue weighted by atomic mass is 9.71. The number of urea groups is 1. The molecule has 0 bridgehead atoms. The Bertz CT molecular complexity index is 2460. The summed E-state index contributed by atoms with van der Waals surface area (Å²) >= 11 is 5.24. The van der Waals surface area contributed by atoms with Crippen LogP contribution in [-0.2, 0) is 58.0 Å². The van der Waals surface area contributed by atoms with E-state index in [9.17, 15) is 4.79 Å².